The molecule has 0 aromatic heterocycles. The third-order valence-corrected chi connectivity index (χ3v) is 3.18. The number of likely N-dealkylation sites (tertiary alicyclic amines) is 1. The van der Waals surface area contributed by atoms with Gasteiger partial charge in [-0.25, -0.2) is 4.79 Å². The van der Waals surface area contributed by atoms with E-state index >= 15 is 0 Å². The molecule has 1 N–H and O–H groups in total. The van der Waals surface area contributed by atoms with E-state index in [4.69, 9.17) is 10.00 Å². The Morgan fingerprint density at radius 1 is 1.47 bits per heavy atom. The van der Waals surface area contributed by atoms with Crippen molar-refractivity contribution in [3.8, 4) is 6.19 Å². The molecule has 0 spiro atoms. The molecule has 0 bridgehead atoms. The number of rotatable bonds is 4. The Morgan fingerprint density at radius 3 is 2.95 bits per heavy atom. The van der Waals surface area contributed by atoms with Gasteiger partial charge in [0, 0.05) is 19.6 Å². The van der Waals surface area contributed by atoms with Gasteiger partial charge in [0.15, 0.2) is 6.19 Å². The molecule has 1 unspecified atom stereocenters. The maximum absolute atomic E-state index is 11.5. The van der Waals surface area contributed by atoms with Gasteiger partial charge in [-0.1, -0.05) is 30.3 Å². The molecular weight excluding hydrogens is 242 g/mol. The van der Waals surface area contributed by atoms with E-state index in [0.717, 1.165) is 25.1 Å². The predicted molar refractivity (Wildman–Crippen MR) is 69.9 cm³/mol. The van der Waals surface area contributed by atoms with E-state index in [-0.39, 0.29) is 6.61 Å². The number of alkyl carbamates (subject to hydrolysis) is 1. The minimum Gasteiger partial charge on any atom is -0.445 e. The monoisotopic (exact) mass is 259 g/mol. The highest BCUT2D eigenvalue weighted by Crippen LogP contribution is 2.13. The zero-order valence-corrected chi connectivity index (χ0v) is 10.7. The highest BCUT2D eigenvalue weighted by molar-refractivity contribution is 5.67. The summed E-state index contributed by atoms with van der Waals surface area (Å²) in [5, 5.41) is 11.5. The molecule has 1 heterocycles. The third-order valence-electron chi connectivity index (χ3n) is 3.18. The van der Waals surface area contributed by atoms with E-state index in [1.165, 1.54) is 0 Å². The average Bonchev–Trinajstić information content (AvgIpc) is 2.92. The van der Waals surface area contributed by atoms with Crippen molar-refractivity contribution in [3.63, 3.8) is 0 Å². The summed E-state index contributed by atoms with van der Waals surface area (Å²) in [7, 11) is 0. The number of nitrogens with zero attached hydrogens (tertiary/aromatic N) is 2. The van der Waals surface area contributed by atoms with E-state index in [9.17, 15) is 4.79 Å². The number of ether oxygens (including phenoxy) is 1. The molecule has 1 saturated heterocycles. The summed E-state index contributed by atoms with van der Waals surface area (Å²) in [5.74, 6) is 0.337. The van der Waals surface area contributed by atoms with Crippen molar-refractivity contribution in [2.45, 2.75) is 13.0 Å². The summed E-state index contributed by atoms with van der Waals surface area (Å²) < 4.78 is 5.11. The van der Waals surface area contributed by atoms with Crippen LogP contribution in [0.2, 0.25) is 0 Å². The number of hydrogen-bond donors (Lipinski definition) is 1. The van der Waals surface area contributed by atoms with E-state index < -0.39 is 6.09 Å². The number of carbonyl (C=O) groups is 1. The van der Waals surface area contributed by atoms with Crippen LogP contribution < -0.4 is 5.32 Å². The number of nitrogens with one attached hydrogen (secondary N) is 1. The lowest BCUT2D eigenvalue weighted by molar-refractivity contribution is 0.138. The Kier molecular flexibility index (Phi) is 4.62. The Morgan fingerprint density at radius 2 is 2.26 bits per heavy atom. The topological polar surface area (TPSA) is 65.4 Å². The maximum Gasteiger partial charge on any atom is 0.407 e. The van der Waals surface area contributed by atoms with Crippen LogP contribution in [-0.4, -0.2) is 30.6 Å². The molecule has 1 aromatic carbocycles. The van der Waals surface area contributed by atoms with Crippen molar-refractivity contribution >= 4 is 6.09 Å². The first kappa shape index (κ1) is 13.2. The molecule has 0 radical (unpaired) electrons. The van der Waals surface area contributed by atoms with E-state index in [2.05, 4.69) is 11.5 Å². The fraction of sp³-hybridized carbons (Fsp3) is 0.429. The Balaban J connectivity index is 1.64. The molecule has 1 fully saturated rings. The van der Waals surface area contributed by atoms with Crippen LogP contribution in [-0.2, 0) is 11.3 Å². The first-order valence-corrected chi connectivity index (χ1v) is 6.37. The van der Waals surface area contributed by atoms with Crippen LogP contribution in [0.5, 0.6) is 0 Å². The number of amides is 1. The molecule has 0 aliphatic carbocycles. The molecule has 1 aliphatic heterocycles. The molecule has 1 amide bonds. The largest absolute Gasteiger partial charge is 0.445 e. The van der Waals surface area contributed by atoms with Crippen LogP contribution in [0, 0.1) is 17.4 Å². The summed E-state index contributed by atoms with van der Waals surface area (Å²) >= 11 is 0. The Labute approximate surface area is 112 Å². The molecular formula is C14H17N3O2. The molecule has 1 aliphatic rings. The van der Waals surface area contributed by atoms with Crippen molar-refractivity contribution in [1.29, 1.82) is 5.26 Å². The fourth-order valence-electron chi connectivity index (χ4n) is 2.09. The summed E-state index contributed by atoms with van der Waals surface area (Å²) in [6, 6.07) is 9.56. The standard InChI is InChI=1S/C14H17N3O2/c15-11-17-7-6-13(9-17)8-16-14(18)19-10-12-4-2-1-3-5-12/h1-5,13H,6-10H2,(H,16,18). The van der Waals surface area contributed by atoms with Gasteiger partial charge >= 0.3 is 6.09 Å². The minimum absolute atomic E-state index is 0.279. The van der Waals surface area contributed by atoms with Crippen molar-refractivity contribution in [2.24, 2.45) is 5.92 Å². The first-order chi connectivity index (χ1) is 9.28. The number of nitriles is 1. The van der Waals surface area contributed by atoms with Crippen molar-refractivity contribution < 1.29 is 9.53 Å². The van der Waals surface area contributed by atoms with Crippen molar-refractivity contribution in [3.05, 3.63) is 35.9 Å². The van der Waals surface area contributed by atoms with Crippen LogP contribution >= 0.6 is 0 Å². The number of hydrogen-bond acceptors (Lipinski definition) is 4. The van der Waals surface area contributed by atoms with Crippen LogP contribution in [0.3, 0.4) is 0 Å². The molecule has 5 heteroatoms. The van der Waals surface area contributed by atoms with Gasteiger partial charge in [0.1, 0.15) is 6.61 Å². The van der Waals surface area contributed by atoms with E-state index in [1.807, 2.05) is 30.3 Å². The first-order valence-electron chi connectivity index (χ1n) is 6.37. The maximum atomic E-state index is 11.5. The second-order valence-electron chi connectivity index (χ2n) is 4.64. The zero-order valence-electron chi connectivity index (χ0n) is 10.7. The summed E-state index contributed by atoms with van der Waals surface area (Å²) in [5.41, 5.74) is 0.967. The fourth-order valence-corrected chi connectivity index (χ4v) is 2.09. The minimum atomic E-state index is -0.403. The van der Waals surface area contributed by atoms with Gasteiger partial charge in [-0.05, 0) is 17.9 Å². The summed E-state index contributed by atoms with van der Waals surface area (Å²) in [6.45, 7) is 2.34. The highest BCUT2D eigenvalue weighted by atomic mass is 16.5. The van der Waals surface area contributed by atoms with Crippen molar-refractivity contribution in [2.75, 3.05) is 19.6 Å². The van der Waals surface area contributed by atoms with Crippen LogP contribution in [0.25, 0.3) is 0 Å². The second kappa shape index (κ2) is 6.64. The SMILES string of the molecule is N#CN1CCC(CNC(=O)OCc2ccccc2)C1. The lowest BCUT2D eigenvalue weighted by Gasteiger charge is -2.11. The third kappa shape index (κ3) is 4.18. The van der Waals surface area contributed by atoms with E-state index in [1.54, 1.807) is 4.90 Å². The van der Waals surface area contributed by atoms with Crippen LogP contribution in [0.1, 0.15) is 12.0 Å². The molecule has 2 rings (SSSR count). The van der Waals surface area contributed by atoms with Gasteiger partial charge in [0.05, 0.1) is 0 Å². The Hall–Kier alpha value is -2.22. The quantitative estimate of drug-likeness (QED) is 0.836. The van der Waals surface area contributed by atoms with Gasteiger partial charge in [-0.2, -0.15) is 5.26 Å². The molecule has 5 nitrogen and oxygen atoms in total. The lowest BCUT2D eigenvalue weighted by Crippen LogP contribution is -2.30. The normalized spacial score (nSPS) is 17.8. The van der Waals surface area contributed by atoms with Crippen LogP contribution in [0.15, 0.2) is 30.3 Å². The van der Waals surface area contributed by atoms with Gasteiger partial charge in [0.25, 0.3) is 0 Å². The zero-order chi connectivity index (χ0) is 13.5. The van der Waals surface area contributed by atoms with E-state index in [0.29, 0.717) is 12.5 Å². The van der Waals surface area contributed by atoms with Gasteiger partial charge < -0.3 is 15.0 Å². The second-order valence-corrected chi connectivity index (χ2v) is 4.64. The molecule has 0 saturated carbocycles. The van der Waals surface area contributed by atoms with Gasteiger partial charge in [-0.3, -0.25) is 0 Å². The molecule has 19 heavy (non-hydrogen) atoms. The van der Waals surface area contributed by atoms with Gasteiger partial charge in [-0.15, -0.1) is 0 Å². The van der Waals surface area contributed by atoms with Gasteiger partial charge in [0.2, 0.25) is 0 Å². The predicted octanol–water partition coefficient (Wildman–Crippen LogP) is 1.72. The number of benzene rings is 1. The average molecular weight is 259 g/mol. The smallest absolute Gasteiger partial charge is 0.407 e. The van der Waals surface area contributed by atoms with Crippen LogP contribution in [0.4, 0.5) is 4.79 Å². The highest BCUT2D eigenvalue weighted by Gasteiger charge is 2.21. The summed E-state index contributed by atoms with van der Waals surface area (Å²) in [4.78, 5) is 13.2. The summed E-state index contributed by atoms with van der Waals surface area (Å²) in [6.07, 6.45) is 2.65. The number of carbonyl (C=O) groups excluding carboxylic acids is 1. The molecule has 100 valence electrons. The van der Waals surface area contributed by atoms with Crippen molar-refractivity contribution in [1.82, 2.24) is 10.2 Å². The Bertz CT molecular complexity index is 456. The lowest BCUT2D eigenvalue weighted by atomic mass is 10.1. The molecule has 1 atom stereocenters. The molecule has 1 aromatic rings.